The van der Waals surface area contributed by atoms with Crippen LogP contribution < -0.4 is 0 Å². The third-order valence-electron chi connectivity index (χ3n) is 2.87. The lowest BCUT2D eigenvalue weighted by Gasteiger charge is -2.29. The van der Waals surface area contributed by atoms with Gasteiger partial charge in [0.25, 0.3) is 0 Å². The Morgan fingerprint density at radius 2 is 2.20 bits per heavy atom. The molecule has 0 amide bonds. The highest BCUT2D eigenvalue weighted by Gasteiger charge is 2.16. The minimum Gasteiger partial charge on any atom is -0.392 e. The maximum Gasteiger partial charge on any atom is 0.0667 e. The van der Waals surface area contributed by atoms with Gasteiger partial charge in [-0.3, -0.25) is 4.90 Å². The van der Waals surface area contributed by atoms with E-state index in [0.29, 0.717) is 0 Å². The molecule has 1 unspecified atom stereocenters. The van der Waals surface area contributed by atoms with Crippen LogP contribution in [-0.4, -0.2) is 49.0 Å². The Labute approximate surface area is 93.4 Å². The second-order valence-electron chi connectivity index (χ2n) is 4.89. The summed E-state index contributed by atoms with van der Waals surface area (Å²) in [4.78, 5) is 2.30. The first-order valence-electron chi connectivity index (χ1n) is 6.16. The summed E-state index contributed by atoms with van der Waals surface area (Å²) < 4.78 is 5.56. The Bertz CT molecular complexity index is 162. The van der Waals surface area contributed by atoms with Crippen molar-refractivity contribution in [1.82, 2.24) is 4.90 Å². The summed E-state index contributed by atoms with van der Waals surface area (Å²) in [5.41, 5.74) is 0. The maximum atomic E-state index is 9.47. The first-order valence-corrected chi connectivity index (χ1v) is 6.16. The lowest BCUT2D eigenvalue weighted by molar-refractivity contribution is 0.0432. The van der Waals surface area contributed by atoms with Crippen LogP contribution in [0, 0.1) is 5.92 Å². The summed E-state index contributed by atoms with van der Waals surface area (Å²) in [5, 5.41) is 9.47. The van der Waals surface area contributed by atoms with Crippen molar-refractivity contribution in [2.45, 2.75) is 39.2 Å². The molecule has 3 nitrogen and oxygen atoms in total. The molecule has 1 aliphatic heterocycles. The van der Waals surface area contributed by atoms with Crippen molar-refractivity contribution >= 4 is 0 Å². The number of likely N-dealkylation sites (tertiary alicyclic amines) is 1. The van der Waals surface area contributed by atoms with Crippen molar-refractivity contribution < 1.29 is 9.84 Å². The van der Waals surface area contributed by atoms with Crippen LogP contribution in [0.25, 0.3) is 0 Å². The summed E-state index contributed by atoms with van der Waals surface area (Å²) >= 11 is 0. The van der Waals surface area contributed by atoms with E-state index in [0.717, 1.165) is 58.0 Å². The largest absolute Gasteiger partial charge is 0.392 e. The molecule has 1 saturated heterocycles. The van der Waals surface area contributed by atoms with Gasteiger partial charge < -0.3 is 9.84 Å². The smallest absolute Gasteiger partial charge is 0.0667 e. The molecule has 0 aliphatic carbocycles. The summed E-state index contributed by atoms with van der Waals surface area (Å²) in [7, 11) is 0. The third-order valence-corrected chi connectivity index (χ3v) is 2.87. The number of aliphatic hydroxyl groups excluding tert-OH is 1. The van der Waals surface area contributed by atoms with Gasteiger partial charge in [0.1, 0.15) is 0 Å². The van der Waals surface area contributed by atoms with Gasteiger partial charge in [0, 0.05) is 19.7 Å². The number of piperidine rings is 1. The van der Waals surface area contributed by atoms with Gasteiger partial charge >= 0.3 is 0 Å². The second kappa shape index (κ2) is 7.20. The number of nitrogens with zero attached hydrogens (tertiary/aromatic N) is 1. The van der Waals surface area contributed by atoms with Gasteiger partial charge in [-0.1, -0.05) is 13.8 Å². The van der Waals surface area contributed by atoms with E-state index in [1.165, 1.54) is 0 Å². The minimum absolute atomic E-state index is 0.116. The number of ether oxygens (including phenoxy) is 1. The molecule has 1 rings (SSSR count). The number of β-amino-alcohol motifs (C(OH)–C–C–N with tert-alkyl or cyclic N) is 1. The van der Waals surface area contributed by atoms with Gasteiger partial charge in [-0.2, -0.15) is 0 Å². The quantitative estimate of drug-likeness (QED) is 0.682. The topological polar surface area (TPSA) is 32.7 Å². The van der Waals surface area contributed by atoms with E-state index in [9.17, 15) is 5.11 Å². The van der Waals surface area contributed by atoms with E-state index < -0.39 is 0 Å². The van der Waals surface area contributed by atoms with Gasteiger partial charge in [0.15, 0.2) is 0 Å². The molecule has 0 aromatic heterocycles. The van der Waals surface area contributed by atoms with Crippen LogP contribution in [0.3, 0.4) is 0 Å². The Kier molecular flexibility index (Phi) is 6.22. The van der Waals surface area contributed by atoms with Gasteiger partial charge in [-0.05, 0) is 31.7 Å². The molecular formula is C12H25NO2. The molecule has 0 aromatic carbocycles. The molecule has 1 fully saturated rings. The zero-order valence-electron chi connectivity index (χ0n) is 10.1. The Balaban J connectivity index is 1.95. The fourth-order valence-corrected chi connectivity index (χ4v) is 1.85. The zero-order valence-corrected chi connectivity index (χ0v) is 10.1. The minimum atomic E-state index is -0.116. The number of hydrogen-bond donors (Lipinski definition) is 1. The predicted molar refractivity (Wildman–Crippen MR) is 62.0 cm³/mol. The van der Waals surface area contributed by atoms with E-state index in [1.807, 2.05) is 0 Å². The molecule has 90 valence electrons. The van der Waals surface area contributed by atoms with Crippen molar-refractivity contribution in [3.05, 3.63) is 0 Å². The van der Waals surface area contributed by atoms with Crippen molar-refractivity contribution in [3.8, 4) is 0 Å². The van der Waals surface area contributed by atoms with Crippen LogP contribution >= 0.6 is 0 Å². The summed E-state index contributed by atoms with van der Waals surface area (Å²) in [6, 6.07) is 0. The van der Waals surface area contributed by atoms with Crippen molar-refractivity contribution in [1.29, 1.82) is 0 Å². The molecule has 1 heterocycles. The van der Waals surface area contributed by atoms with E-state index >= 15 is 0 Å². The molecular weight excluding hydrogens is 190 g/mol. The maximum absolute atomic E-state index is 9.47. The fraction of sp³-hybridized carbons (Fsp3) is 1.00. The number of rotatable bonds is 6. The molecule has 1 atom stereocenters. The third kappa shape index (κ3) is 6.13. The first-order chi connectivity index (χ1) is 7.18. The van der Waals surface area contributed by atoms with Crippen LogP contribution in [-0.2, 0) is 4.74 Å². The van der Waals surface area contributed by atoms with E-state index in [4.69, 9.17) is 4.74 Å². The average Bonchev–Trinajstić information content (AvgIpc) is 2.17. The fourth-order valence-electron chi connectivity index (χ4n) is 1.85. The lowest BCUT2D eigenvalue weighted by Crippen LogP contribution is -2.40. The van der Waals surface area contributed by atoms with Crippen molar-refractivity contribution in [2.75, 3.05) is 32.8 Å². The predicted octanol–water partition coefficient (Wildman–Crippen LogP) is 1.51. The Morgan fingerprint density at radius 1 is 1.40 bits per heavy atom. The number of hydrogen-bond acceptors (Lipinski definition) is 3. The zero-order chi connectivity index (χ0) is 11.1. The molecule has 0 spiro atoms. The van der Waals surface area contributed by atoms with Crippen LogP contribution in [0.15, 0.2) is 0 Å². The summed E-state index contributed by atoms with van der Waals surface area (Å²) in [6.07, 6.45) is 3.11. The highest BCUT2D eigenvalue weighted by Crippen LogP contribution is 2.09. The molecule has 1 aliphatic rings. The van der Waals surface area contributed by atoms with Gasteiger partial charge in [-0.25, -0.2) is 0 Å². The molecule has 0 aromatic rings. The highest BCUT2D eigenvalue weighted by molar-refractivity contribution is 4.71. The van der Waals surface area contributed by atoms with Crippen LogP contribution in [0.5, 0.6) is 0 Å². The molecule has 0 bridgehead atoms. The van der Waals surface area contributed by atoms with Crippen LogP contribution in [0.4, 0.5) is 0 Å². The van der Waals surface area contributed by atoms with Crippen molar-refractivity contribution in [3.63, 3.8) is 0 Å². The highest BCUT2D eigenvalue weighted by atomic mass is 16.5. The average molecular weight is 215 g/mol. The van der Waals surface area contributed by atoms with E-state index in [-0.39, 0.29) is 6.10 Å². The lowest BCUT2D eigenvalue weighted by atomic mass is 10.1. The monoisotopic (exact) mass is 215 g/mol. The van der Waals surface area contributed by atoms with E-state index in [1.54, 1.807) is 0 Å². The van der Waals surface area contributed by atoms with E-state index in [2.05, 4.69) is 18.7 Å². The van der Waals surface area contributed by atoms with Crippen LogP contribution in [0.1, 0.15) is 33.1 Å². The molecule has 1 N–H and O–H groups in total. The Morgan fingerprint density at radius 3 is 2.87 bits per heavy atom. The number of aliphatic hydroxyl groups is 1. The second-order valence-corrected chi connectivity index (χ2v) is 4.89. The molecule has 0 saturated carbocycles. The first kappa shape index (κ1) is 12.9. The molecule has 3 heteroatoms. The van der Waals surface area contributed by atoms with Gasteiger partial charge in [0.05, 0.1) is 12.7 Å². The SMILES string of the molecule is CC(C)CCOCCN1CCCC(O)C1. The Hall–Kier alpha value is -0.120. The molecule has 15 heavy (non-hydrogen) atoms. The van der Waals surface area contributed by atoms with Crippen molar-refractivity contribution in [2.24, 2.45) is 5.92 Å². The van der Waals surface area contributed by atoms with Crippen LogP contribution in [0.2, 0.25) is 0 Å². The summed E-state index contributed by atoms with van der Waals surface area (Å²) in [5.74, 6) is 0.724. The van der Waals surface area contributed by atoms with Gasteiger partial charge in [-0.15, -0.1) is 0 Å². The normalized spacial score (nSPS) is 23.6. The molecule has 0 radical (unpaired) electrons. The van der Waals surface area contributed by atoms with Gasteiger partial charge in [0.2, 0.25) is 0 Å². The standard InChI is InChI=1S/C12H25NO2/c1-11(2)5-8-15-9-7-13-6-3-4-12(14)10-13/h11-12,14H,3-10H2,1-2H3. The summed E-state index contributed by atoms with van der Waals surface area (Å²) in [6.45, 7) is 9.01.